The number of fused-ring (bicyclic) bond motifs is 1. The lowest BCUT2D eigenvalue weighted by Gasteiger charge is -2.14. The van der Waals surface area contributed by atoms with Gasteiger partial charge < -0.3 is 15.2 Å². The third-order valence-corrected chi connectivity index (χ3v) is 5.14. The third kappa shape index (κ3) is 3.37. The van der Waals surface area contributed by atoms with E-state index in [1.165, 1.54) is 21.3 Å². The van der Waals surface area contributed by atoms with Crippen LogP contribution in [0, 0.1) is 13.8 Å². The number of benzene rings is 1. The van der Waals surface area contributed by atoms with Gasteiger partial charge in [0.25, 0.3) is 5.56 Å². The summed E-state index contributed by atoms with van der Waals surface area (Å²) in [5, 5.41) is 28.1. The Morgan fingerprint density at radius 3 is 2.47 bits per heavy atom. The summed E-state index contributed by atoms with van der Waals surface area (Å²) in [7, 11) is 1.57. The van der Waals surface area contributed by atoms with Crippen molar-refractivity contribution in [2.75, 3.05) is 0 Å². The summed E-state index contributed by atoms with van der Waals surface area (Å²) in [5.41, 5.74) is 0.138. The largest absolute Gasteiger partial charge is 0.416 e. The van der Waals surface area contributed by atoms with E-state index >= 15 is 0 Å². The van der Waals surface area contributed by atoms with Crippen molar-refractivity contribution in [3.8, 4) is 22.6 Å². The van der Waals surface area contributed by atoms with Crippen LogP contribution in [0.5, 0.6) is 0 Å². The van der Waals surface area contributed by atoms with E-state index in [1.807, 2.05) is 0 Å². The van der Waals surface area contributed by atoms with E-state index in [4.69, 9.17) is 0 Å². The maximum atomic E-state index is 13.3. The molecule has 0 saturated heterocycles. The van der Waals surface area contributed by atoms with Crippen molar-refractivity contribution in [1.29, 1.82) is 0 Å². The van der Waals surface area contributed by atoms with E-state index in [2.05, 4.69) is 20.2 Å². The van der Waals surface area contributed by atoms with Crippen LogP contribution in [-0.4, -0.2) is 39.6 Å². The molecule has 0 amide bonds. The molecular formula is C20H19F3N6O3. The topological polar surface area (TPSA) is 121 Å². The van der Waals surface area contributed by atoms with Gasteiger partial charge in [0, 0.05) is 12.6 Å². The Morgan fingerprint density at radius 2 is 1.84 bits per heavy atom. The molecule has 0 aliphatic heterocycles. The summed E-state index contributed by atoms with van der Waals surface area (Å²) >= 11 is 0. The first-order chi connectivity index (χ1) is 15.1. The Kier molecular flexibility index (Phi) is 5.13. The molecule has 1 aromatic carbocycles. The lowest BCUT2D eigenvalue weighted by molar-refractivity contribution is -0.138. The van der Waals surface area contributed by atoms with Gasteiger partial charge >= 0.3 is 6.18 Å². The minimum atomic E-state index is -4.62. The van der Waals surface area contributed by atoms with Gasteiger partial charge in [-0.15, -0.1) is 0 Å². The molecule has 9 nitrogen and oxygen atoms in total. The summed E-state index contributed by atoms with van der Waals surface area (Å²) < 4.78 is 42.6. The Labute approximate surface area is 178 Å². The summed E-state index contributed by atoms with van der Waals surface area (Å²) in [6.45, 7) is 1.93. The second kappa shape index (κ2) is 7.57. The molecule has 12 heteroatoms. The second-order valence-electron chi connectivity index (χ2n) is 7.30. The number of halogens is 3. The standard InChI is InChI=1S/C20H19F3N6O3/c1-9-16-19(32)25-10(2)26-29(16)18(24-9)15-14(8-31)27-28(3)17(15)11-4-5-13(20(21,22)23)12(6-11)7-30/h4-6,30-31H,7-8H2,1-3H3,(H,25,26,32). The van der Waals surface area contributed by atoms with Crippen LogP contribution in [-0.2, 0) is 26.4 Å². The second-order valence-corrected chi connectivity index (χ2v) is 7.30. The highest BCUT2D eigenvalue weighted by atomic mass is 19.4. The van der Waals surface area contributed by atoms with Crippen molar-refractivity contribution in [1.82, 2.24) is 29.4 Å². The average Bonchev–Trinajstić information content (AvgIpc) is 3.22. The molecule has 0 aliphatic carbocycles. The number of aryl methyl sites for hydroxylation is 3. The van der Waals surface area contributed by atoms with E-state index in [1.54, 1.807) is 20.9 Å². The fourth-order valence-electron chi connectivity index (χ4n) is 3.84. The monoisotopic (exact) mass is 448 g/mol. The van der Waals surface area contributed by atoms with Crippen molar-refractivity contribution < 1.29 is 23.4 Å². The molecule has 3 N–H and O–H groups in total. The Morgan fingerprint density at radius 1 is 1.12 bits per heavy atom. The van der Waals surface area contributed by atoms with Gasteiger partial charge in [0.2, 0.25) is 0 Å². The van der Waals surface area contributed by atoms with Crippen LogP contribution in [0.1, 0.15) is 28.3 Å². The van der Waals surface area contributed by atoms with Gasteiger partial charge in [-0.2, -0.15) is 23.4 Å². The predicted molar refractivity (Wildman–Crippen MR) is 108 cm³/mol. The number of nitrogens with one attached hydrogen (secondary N) is 1. The molecular weight excluding hydrogens is 429 g/mol. The van der Waals surface area contributed by atoms with Crippen molar-refractivity contribution in [3.63, 3.8) is 0 Å². The van der Waals surface area contributed by atoms with Crippen LogP contribution in [0.4, 0.5) is 13.2 Å². The molecule has 3 heterocycles. The number of aliphatic hydroxyl groups is 2. The number of nitrogens with zero attached hydrogens (tertiary/aromatic N) is 5. The molecule has 168 valence electrons. The molecule has 0 bridgehead atoms. The predicted octanol–water partition coefficient (Wildman–Crippen LogP) is 2.11. The summed E-state index contributed by atoms with van der Waals surface area (Å²) in [4.78, 5) is 19.5. The molecule has 4 aromatic rings. The number of H-pyrrole nitrogens is 1. The normalized spacial score (nSPS) is 12.1. The number of hydrogen-bond donors (Lipinski definition) is 3. The molecule has 0 unspecified atom stereocenters. The van der Waals surface area contributed by atoms with Gasteiger partial charge in [-0.1, -0.05) is 6.07 Å². The molecule has 0 spiro atoms. The Balaban J connectivity index is 2.05. The number of aliphatic hydroxyl groups excluding tert-OH is 2. The number of rotatable bonds is 4. The van der Waals surface area contributed by atoms with Crippen molar-refractivity contribution in [3.05, 3.63) is 56.9 Å². The number of alkyl halides is 3. The van der Waals surface area contributed by atoms with Crippen molar-refractivity contribution in [2.24, 2.45) is 7.05 Å². The molecule has 4 rings (SSSR count). The lowest BCUT2D eigenvalue weighted by atomic mass is 9.99. The quantitative estimate of drug-likeness (QED) is 0.440. The highest BCUT2D eigenvalue weighted by Gasteiger charge is 2.34. The fraction of sp³-hybridized carbons (Fsp3) is 0.300. The fourth-order valence-corrected chi connectivity index (χ4v) is 3.84. The van der Waals surface area contributed by atoms with Crippen LogP contribution in [0.2, 0.25) is 0 Å². The molecule has 0 fully saturated rings. The number of aromatic amines is 1. The van der Waals surface area contributed by atoms with Crippen LogP contribution in [0.15, 0.2) is 23.0 Å². The van der Waals surface area contributed by atoms with Crippen LogP contribution in [0.3, 0.4) is 0 Å². The number of aromatic nitrogens is 6. The summed E-state index contributed by atoms with van der Waals surface area (Å²) in [5.74, 6) is 0.540. The Hall–Kier alpha value is -3.51. The van der Waals surface area contributed by atoms with Crippen molar-refractivity contribution in [2.45, 2.75) is 33.2 Å². The van der Waals surface area contributed by atoms with Gasteiger partial charge in [-0.05, 0) is 31.5 Å². The van der Waals surface area contributed by atoms with E-state index in [0.717, 1.165) is 6.07 Å². The molecule has 0 radical (unpaired) electrons. The molecule has 3 aromatic heterocycles. The maximum Gasteiger partial charge on any atom is 0.416 e. The van der Waals surface area contributed by atoms with Gasteiger partial charge in [-0.25, -0.2) is 9.50 Å². The van der Waals surface area contributed by atoms with Gasteiger partial charge in [-0.3, -0.25) is 9.48 Å². The highest BCUT2D eigenvalue weighted by molar-refractivity contribution is 5.82. The zero-order chi connectivity index (χ0) is 23.4. The first kappa shape index (κ1) is 21.7. The first-order valence-electron chi connectivity index (χ1n) is 9.51. The first-order valence-corrected chi connectivity index (χ1v) is 9.51. The zero-order valence-corrected chi connectivity index (χ0v) is 17.3. The van der Waals surface area contributed by atoms with Gasteiger partial charge in [0.1, 0.15) is 5.82 Å². The lowest BCUT2D eigenvalue weighted by Crippen LogP contribution is -2.15. The van der Waals surface area contributed by atoms with E-state index in [-0.39, 0.29) is 22.6 Å². The highest BCUT2D eigenvalue weighted by Crippen LogP contribution is 2.38. The van der Waals surface area contributed by atoms with E-state index < -0.39 is 30.5 Å². The van der Waals surface area contributed by atoms with Crippen LogP contribution in [0.25, 0.3) is 28.2 Å². The van der Waals surface area contributed by atoms with Crippen molar-refractivity contribution >= 4 is 5.52 Å². The van der Waals surface area contributed by atoms with E-state index in [9.17, 15) is 28.2 Å². The molecule has 0 atom stereocenters. The molecule has 32 heavy (non-hydrogen) atoms. The smallest absolute Gasteiger partial charge is 0.392 e. The zero-order valence-electron chi connectivity index (χ0n) is 17.3. The average molecular weight is 448 g/mol. The van der Waals surface area contributed by atoms with Gasteiger partial charge in [0.05, 0.1) is 41.4 Å². The molecule has 0 saturated carbocycles. The third-order valence-electron chi connectivity index (χ3n) is 5.14. The number of hydrogen-bond acceptors (Lipinski definition) is 6. The SMILES string of the molecule is Cc1nn2c(-c3c(CO)nn(C)c3-c3ccc(C(F)(F)F)c(CO)c3)nc(C)c2c(=O)[nH]1. The minimum absolute atomic E-state index is 0.202. The number of imidazole rings is 1. The van der Waals surface area contributed by atoms with Gasteiger partial charge in [0.15, 0.2) is 11.3 Å². The van der Waals surface area contributed by atoms with Crippen LogP contribution < -0.4 is 5.56 Å². The van der Waals surface area contributed by atoms with E-state index in [0.29, 0.717) is 28.3 Å². The maximum absolute atomic E-state index is 13.3. The van der Waals surface area contributed by atoms with Crippen LogP contribution >= 0.6 is 0 Å². The minimum Gasteiger partial charge on any atom is -0.392 e. The molecule has 0 aliphatic rings. The summed E-state index contributed by atoms with van der Waals surface area (Å²) in [6, 6.07) is 3.37. The summed E-state index contributed by atoms with van der Waals surface area (Å²) in [6.07, 6.45) is -4.62. The Bertz CT molecular complexity index is 1400.